The zero-order chi connectivity index (χ0) is 19.2. The van der Waals surface area contributed by atoms with Crippen molar-refractivity contribution < 1.29 is 14.3 Å². The van der Waals surface area contributed by atoms with Crippen LogP contribution in [-0.2, 0) is 11.3 Å². The molecule has 0 N–H and O–H groups in total. The van der Waals surface area contributed by atoms with Crippen molar-refractivity contribution in [1.29, 1.82) is 0 Å². The summed E-state index contributed by atoms with van der Waals surface area (Å²) in [6, 6.07) is 16.8. The number of nitrogens with zero attached hydrogens (tertiary/aromatic N) is 1. The molecule has 144 valence electrons. The van der Waals surface area contributed by atoms with Gasteiger partial charge >= 0.3 is 6.09 Å². The third-order valence-electron chi connectivity index (χ3n) is 5.25. The van der Waals surface area contributed by atoms with E-state index in [0.717, 1.165) is 18.6 Å². The van der Waals surface area contributed by atoms with E-state index in [4.69, 9.17) is 9.47 Å². The van der Waals surface area contributed by atoms with E-state index in [9.17, 15) is 4.79 Å². The number of benzene rings is 2. The van der Waals surface area contributed by atoms with Crippen molar-refractivity contribution in [2.45, 2.75) is 39.2 Å². The van der Waals surface area contributed by atoms with Crippen molar-refractivity contribution >= 4 is 6.09 Å². The molecule has 0 radical (unpaired) electrons. The van der Waals surface area contributed by atoms with Gasteiger partial charge in [0.2, 0.25) is 0 Å². The Hall–Kier alpha value is -2.49. The maximum atomic E-state index is 12.2. The fraction of sp³-hybridized carbons (Fsp3) is 0.435. The Morgan fingerprint density at radius 2 is 1.85 bits per heavy atom. The first-order valence-corrected chi connectivity index (χ1v) is 9.83. The monoisotopic (exact) mass is 367 g/mol. The van der Waals surface area contributed by atoms with Crippen LogP contribution in [0.1, 0.15) is 49.3 Å². The van der Waals surface area contributed by atoms with Crippen molar-refractivity contribution in [3.8, 4) is 5.75 Å². The normalized spacial score (nSPS) is 16.3. The molecule has 2 unspecified atom stereocenters. The van der Waals surface area contributed by atoms with Crippen LogP contribution in [0.4, 0.5) is 4.79 Å². The van der Waals surface area contributed by atoms with Crippen molar-refractivity contribution in [2.75, 3.05) is 20.2 Å². The maximum absolute atomic E-state index is 12.2. The number of amides is 1. The molecule has 1 heterocycles. The summed E-state index contributed by atoms with van der Waals surface area (Å²) in [6.07, 6.45) is 1.82. The van der Waals surface area contributed by atoms with E-state index in [2.05, 4.69) is 43.3 Å². The second kappa shape index (κ2) is 8.94. The van der Waals surface area contributed by atoms with Gasteiger partial charge in [0.25, 0.3) is 0 Å². The number of carbonyl (C=O) groups is 1. The molecule has 0 fully saturated rings. The Kier molecular flexibility index (Phi) is 6.38. The summed E-state index contributed by atoms with van der Waals surface area (Å²) < 4.78 is 11.3. The zero-order valence-corrected chi connectivity index (χ0v) is 16.5. The average Bonchev–Trinajstić information content (AvgIpc) is 2.84. The second-order valence-corrected chi connectivity index (χ2v) is 7.13. The predicted molar refractivity (Wildman–Crippen MR) is 107 cm³/mol. The highest BCUT2D eigenvalue weighted by Crippen LogP contribution is 2.43. The van der Waals surface area contributed by atoms with Gasteiger partial charge in [-0.25, -0.2) is 4.79 Å². The molecule has 2 atom stereocenters. The van der Waals surface area contributed by atoms with Gasteiger partial charge in [-0.2, -0.15) is 0 Å². The highest BCUT2D eigenvalue weighted by Gasteiger charge is 2.32. The fourth-order valence-corrected chi connectivity index (χ4v) is 4.06. The van der Waals surface area contributed by atoms with Crippen LogP contribution in [-0.4, -0.2) is 31.2 Å². The van der Waals surface area contributed by atoms with Crippen molar-refractivity contribution in [1.82, 2.24) is 4.90 Å². The Bertz CT molecular complexity index is 726. The van der Waals surface area contributed by atoms with Gasteiger partial charge in [-0.15, -0.1) is 0 Å². The summed E-state index contributed by atoms with van der Waals surface area (Å²) >= 11 is 0. The quantitative estimate of drug-likeness (QED) is 0.703. The first-order valence-electron chi connectivity index (χ1n) is 9.83. The summed E-state index contributed by atoms with van der Waals surface area (Å²) in [7, 11) is 1.83. The zero-order valence-electron chi connectivity index (χ0n) is 16.5. The van der Waals surface area contributed by atoms with E-state index in [1.807, 2.05) is 26.1 Å². The molecule has 0 saturated heterocycles. The van der Waals surface area contributed by atoms with E-state index >= 15 is 0 Å². The lowest BCUT2D eigenvalue weighted by atomic mass is 9.77. The van der Waals surface area contributed by atoms with E-state index < -0.39 is 0 Å². The SMILES string of the molecule is CCCC(CN(C)C(=O)OCC)C1c2ccccc2COc2ccccc21. The molecule has 4 nitrogen and oxygen atoms in total. The molecule has 0 bridgehead atoms. The fourth-order valence-electron chi connectivity index (χ4n) is 4.06. The van der Waals surface area contributed by atoms with Crippen LogP contribution in [0.15, 0.2) is 48.5 Å². The number of rotatable bonds is 6. The Morgan fingerprint density at radius 3 is 2.59 bits per heavy atom. The number of hydrogen-bond donors (Lipinski definition) is 0. The molecule has 4 heteroatoms. The minimum Gasteiger partial charge on any atom is -0.489 e. The smallest absolute Gasteiger partial charge is 0.409 e. The molecule has 0 aliphatic carbocycles. The molecular formula is C23H29NO3. The summed E-state index contributed by atoms with van der Waals surface area (Å²) in [5.74, 6) is 1.42. The van der Waals surface area contributed by atoms with Gasteiger partial charge in [0.05, 0.1) is 6.61 Å². The molecule has 1 amide bonds. The minimum atomic E-state index is -0.259. The number of para-hydroxylation sites is 1. The molecule has 1 aliphatic heterocycles. The van der Waals surface area contributed by atoms with Crippen LogP contribution in [0.25, 0.3) is 0 Å². The van der Waals surface area contributed by atoms with Crippen molar-refractivity contribution in [3.05, 3.63) is 65.2 Å². The third-order valence-corrected chi connectivity index (χ3v) is 5.25. The highest BCUT2D eigenvalue weighted by molar-refractivity contribution is 5.67. The largest absolute Gasteiger partial charge is 0.489 e. The van der Waals surface area contributed by atoms with E-state index in [-0.39, 0.29) is 17.9 Å². The predicted octanol–water partition coefficient (Wildman–Crippen LogP) is 5.22. The maximum Gasteiger partial charge on any atom is 0.409 e. The Balaban J connectivity index is 2.01. The van der Waals surface area contributed by atoms with Crippen molar-refractivity contribution in [3.63, 3.8) is 0 Å². The molecule has 0 spiro atoms. The van der Waals surface area contributed by atoms with E-state index in [0.29, 0.717) is 19.8 Å². The van der Waals surface area contributed by atoms with Crippen LogP contribution in [0.2, 0.25) is 0 Å². The third kappa shape index (κ3) is 4.26. The van der Waals surface area contributed by atoms with Gasteiger partial charge in [0.1, 0.15) is 12.4 Å². The number of hydrogen-bond acceptors (Lipinski definition) is 3. The van der Waals surface area contributed by atoms with Crippen LogP contribution >= 0.6 is 0 Å². The lowest BCUT2D eigenvalue weighted by molar-refractivity contribution is 0.108. The second-order valence-electron chi connectivity index (χ2n) is 7.13. The summed E-state index contributed by atoms with van der Waals surface area (Å²) in [5, 5.41) is 0. The number of ether oxygens (including phenoxy) is 2. The number of fused-ring (bicyclic) bond motifs is 2. The lowest BCUT2D eigenvalue weighted by Gasteiger charge is -2.31. The standard InChI is InChI=1S/C23H29NO3/c1-4-10-17(15-24(3)23(25)26-5-2)22-19-12-7-6-11-18(19)16-27-21-14-9-8-13-20(21)22/h6-9,11-14,17,22H,4-5,10,15-16H2,1-3H3. The molecule has 2 aromatic rings. The first kappa shape index (κ1) is 19.3. The minimum absolute atomic E-state index is 0.191. The van der Waals surface area contributed by atoms with Crippen LogP contribution < -0.4 is 4.74 Å². The van der Waals surface area contributed by atoms with Gasteiger partial charge in [-0.1, -0.05) is 55.8 Å². The molecule has 1 aliphatic rings. The Morgan fingerprint density at radius 1 is 1.15 bits per heavy atom. The molecule has 3 rings (SSSR count). The number of carbonyl (C=O) groups excluding carboxylic acids is 1. The summed E-state index contributed by atoms with van der Waals surface area (Å²) in [5.41, 5.74) is 3.73. The lowest BCUT2D eigenvalue weighted by Crippen LogP contribution is -2.35. The molecule has 27 heavy (non-hydrogen) atoms. The molecular weight excluding hydrogens is 338 g/mol. The highest BCUT2D eigenvalue weighted by atomic mass is 16.6. The van der Waals surface area contributed by atoms with Gasteiger partial charge in [-0.3, -0.25) is 0 Å². The van der Waals surface area contributed by atoms with Gasteiger partial charge < -0.3 is 14.4 Å². The van der Waals surface area contributed by atoms with Crippen molar-refractivity contribution in [2.24, 2.45) is 5.92 Å². The first-order chi connectivity index (χ1) is 13.2. The van der Waals surface area contributed by atoms with Gasteiger partial charge in [0, 0.05) is 25.1 Å². The van der Waals surface area contributed by atoms with E-state index in [1.165, 1.54) is 16.7 Å². The molecule has 0 aromatic heterocycles. The van der Waals surface area contributed by atoms with Gasteiger partial charge in [-0.05, 0) is 36.5 Å². The summed E-state index contributed by atoms with van der Waals surface area (Å²) in [4.78, 5) is 13.9. The molecule has 0 saturated carbocycles. The van der Waals surface area contributed by atoms with Crippen LogP contribution in [0, 0.1) is 5.92 Å². The summed E-state index contributed by atoms with van der Waals surface area (Å²) in [6.45, 7) is 5.66. The topological polar surface area (TPSA) is 38.8 Å². The van der Waals surface area contributed by atoms with E-state index in [1.54, 1.807) is 4.90 Å². The molecule has 2 aromatic carbocycles. The van der Waals surface area contributed by atoms with Crippen LogP contribution in [0.5, 0.6) is 5.75 Å². The average molecular weight is 367 g/mol. The van der Waals surface area contributed by atoms with Gasteiger partial charge in [0.15, 0.2) is 0 Å². The Labute approximate surface area is 162 Å². The van der Waals surface area contributed by atoms with Crippen LogP contribution in [0.3, 0.4) is 0 Å².